The van der Waals surface area contributed by atoms with Crippen LogP contribution in [0.1, 0.15) is 18.2 Å². The Balaban J connectivity index is 2.13. The number of halogens is 1. The van der Waals surface area contributed by atoms with E-state index in [-0.39, 0.29) is 0 Å². The largest absolute Gasteiger partial charge is 0.327 e. The molecule has 16 heavy (non-hydrogen) atoms. The van der Waals surface area contributed by atoms with Crippen molar-refractivity contribution in [3.8, 4) is 9.75 Å². The van der Waals surface area contributed by atoms with Crippen molar-refractivity contribution in [1.82, 2.24) is 0 Å². The minimum Gasteiger partial charge on any atom is -0.327 e. The van der Waals surface area contributed by atoms with Gasteiger partial charge in [0.25, 0.3) is 0 Å². The zero-order chi connectivity index (χ0) is 11.5. The first-order chi connectivity index (χ1) is 7.69. The quantitative estimate of drug-likeness (QED) is 0.882. The predicted molar refractivity (Wildman–Crippen MR) is 77.3 cm³/mol. The number of hydrogen-bond donors (Lipinski definition) is 1. The summed E-state index contributed by atoms with van der Waals surface area (Å²) in [5.41, 5.74) is 5.96. The molecule has 0 bridgehead atoms. The van der Waals surface area contributed by atoms with E-state index in [1.54, 1.807) is 11.3 Å². The summed E-state index contributed by atoms with van der Waals surface area (Å²) in [7, 11) is 0. The van der Waals surface area contributed by atoms with Crippen molar-refractivity contribution in [2.45, 2.75) is 25.8 Å². The van der Waals surface area contributed by atoms with Crippen molar-refractivity contribution in [3.05, 3.63) is 32.9 Å². The highest BCUT2D eigenvalue weighted by Gasteiger charge is 2.07. The average Bonchev–Trinajstić information content (AvgIpc) is 2.87. The highest BCUT2D eigenvalue weighted by atomic mass is 79.9. The second-order valence-electron chi connectivity index (χ2n) is 3.74. The number of hydrogen-bond acceptors (Lipinski definition) is 3. The molecule has 2 heterocycles. The highest BCUT2D eigenvalue weighted by Crippen LogP contribution is 2.35. The molecule has 1 nitrogen and oxygen atoms in total. The van der Waals surface area contributed by atoms with E-state index in [4.69, 9.17) is 5.73 Å². The van der Waals surface area contributed by atoms with Crippen molar-refractivity contribution in [2.24, 2.45) is 5.73 Å². The van der Waals surface area contributed by atoms with E-state index in [0.717, 1.165) is 12.8 Å². The SMILES string of the molecule is CCC(N)Cc1ccc(-c2ccc(Br)s2)s1. The van der Waals surface area contributed by atoms with Crippen LogP contribution in [-0.2, 0) is 6.42 Å². The summed E-state index contributed by atoms with van der Waals surface area (Å²) in [6.07, 6.45) is 2.03. The van der Waals surface area contributed by atoms with E-state index in [9.17, 15) is 0 Å². The molecule has 0 aliphatic rings. The zero-order valence-electron chi connectivity index (χ0n) is 9.07. The Hall–Kier alpha value is -0.160. The Bertz CT molecular complexity index is 461. The van der Waals surface area contributed by atoms with Crippen LogP contribution in [0, 0.1) is 0 Å². The molecular formula is C12H14BrNS2. The Labute approximate surface area is 112 Å². The van der Waals surface area contributed by atoms with E-state index >= 15 is 0 Å². The lowest BCUT2D eigenvalue weighted by atomic mass is 10.1. The fourth-order valence-electron chi connectivity index (χ4n) is 1.47. The second-order valence-corrected chi connectivity index (χ2v) is 7.37. The summed E-state index contributed by atoms with van der Waals surface area (Å²) in [6.45, 7) is 2.13. The summed E-state index contributed by atoms with van der Waals surface area (Å²) in [4.78, 5) is 4.05. The molecule has 2 aromatic heterocycles. The monoisotopic (exact) mass is 315 g/mol. The molecule has 2 N–H and O–H groups in total. The van der Waals surface area contributed by atoms with Crippen LogP contribution in [0.5, 0.6) is 0 Å². The molecule has 0 spiro atoms. The van der Waals surface area contributed by atoms with Crippen LogP contribution in [0.15, 0.2) is 28.1 Å². The van der Waals surface area contributed by atoms with Gasteiger partial charge in [0, 0.05) is 20.7 Å². The summed E-state index contributed by atoms with van der Waals surface area (Å²) in [6, 6.07) is 8.94. The molecule has 86 valence electrons. The van der Waals surface area contributed by atoms with Gasteiger partial charge in [0.05, 0.1) is 3.79 Å². The van der Waals surface area contributed by atoms with Gasteiger partial charge in [0.2, 0.25) is 0 Å². The van der Waals surface area contributed by atoms with Gasteiger partial charge in [-0.1, -0.05) is 6.92 Å². The second kappa shape index (κ2) is 5.45. The Morgan fingerprint density at radius 2 is 1.88 bits per heavy atom. The molecule has 0 saturated carbocycles. The standard InChI is InChI=1S/C12H14BrNS2/c1-2-8(14)7-9-3-4-10(15-9)11-5-6-12(13)16-11/h3-6,8H,2,7,14H2,1H3. The Morgan fingerprint density at radius 3 is 2.50 bits per heavy atom. The van der Waals surface area contributed by atoms with Crippen LogP contribution in [0.3, 0.4) is 0 Å². The van der Waals surface area contributed by atoms with Crippen molar-refractivity contribution >= 4 is 38.6 Å². The van der Waals surface area contributed by atoms with Crippen LogP contribution in [0.2, 0.25) is 0 Å². The van der Waals surface area contributed by atoms with Gasteiger partial charge in [-0.2, -0.15) is 0 Å². The van der Waals surface area contributed by atoms with Crippen LogP contribution in [-0.4, -0.2) is 6.04 Å². The van der Waals surface area contributed by atoms with E-state index in [0.29, 0.717) is 6.04 Å². The third-order valence-electron chi connectivity index (χ3n) is 2.47. The summed E-state index contributed by atoms with van der Waals surface area (Å²) >= 11 is 7.12. The smallest absolute Gasteiger partial charge is 0.0705 e. The van der Waals surface area contributed by atoms with Gasteiger partial charge in [-0.3, -0.25) is 0 Å². The minimum absolute atomic E-state index is 0.293. The molecule has 1 atom stereocenters. The van der Waals surface area contributed by atoms with Crippen molar-refractivity contribution in [1.29, 1.82) is 0 Å². The van der Waals surface area contributed by atoms with Gasteiger partial charge in [-0.25, -0.2) is 0 Å². The van der Waals surface area contributed by atoms with Gasteiger partial charge >= 0.3 is 0 Å². The van der Waals surface area contributed by atoms with Crippen molar-refractivity contribution < 1.29 is 0 Å². The maximum Gasteiger partial charge on any atom is 0.0705 e. The minimum atomic E-state index is 0.293. The predicted octanol–water partition coefficient (Wildman–Crippen LogP) is 4.52. The van der Waals surface area contributed by atoms with E-state index in [1.807, 2.05) is 11.3 Å². The number of rotatable bonds is 4. The summed E-state index contributed by atoms with van der Waals surface area (Å²) in [5.74, 6) is 0. The molecule has 0 aliphatic heterocycles. The highest BCUT2D eigenvalue weighted by molar-refractivity contribution is 9.11. The topological polar surface area (TPSA) is 26.0 Å². The molecule has 0 radical (unpaired) electrons. The summed E-state index contributed by atoms with van der Waals surface area (Å²) in [5, 5.41) is 0. The molecule has 0 aromatic carbocycles. The lowest BCUT2D eigenvalue weighted by Crippen LogP contribution is -2.20. The normalized spacial score (nSPS) is 12.9. The number of thiophene rings is 2. The molecule has 0 fully saturated rings. The lowest BCUT2D eigenvalue weighted by Gasteiger charge is -2.05. The number of nitrogens with two attached hydrogens (primary N) is 1. The van der Waals surface area contributed by atoms with Gasteiger partial charge < -0.3 is 5.73 Å². The average molecular weight is 316 g/mol. The van der Waals surface area contributed by atoms with Crippen molar-refractivity contribution in [3.63, 3.8) is 0 Å². The van der Waals surface area contributed by atoms with Gasteiger partial charge in [0.1, 0.15) is 0 Å². The maximum atomic E-state index is 5.96. The summed E-state index contributed by atoms with van der Waals surface area (Å²) < 4.78 is 1.18. The van der Waals surface area contributed by atoms with Gasteiger partial charge in [0.15, 0.2) is 0 Å². The Kier molecular flexibility index (Phi) is 4.19. The first-order valence-corrected chi connectivity index (χ1v) is 7.71. The Morgan fingerprint density at radius 1 is 1.19 bits per heavy atom. The molecule has 4 heteroatoms. The van der Waals surface area contributed by atoms with Gasteiger partial charge in [-0.15, -0.1) is 22.7 Å². The molecule has 2 aromatic rings. The fourth-order valence-corrected chi connectivity index (χ4v) is 4.05. The molecule has 0 aliphatic carbocycles. The fraction of sp³-hybridized carbons (Fsp3) is 0.333. The van der Waals surface area contributed by atoms with Gasteiger partial charge in [-0.05, 0) is 53.0 Å². The lowest BCUT2D eigenvalue weighted by molar-refractivity contribution is 0.652. The third kappa shape index (κ3) is 2.94. The molecular weight excluding hydrogens is 302 g/mol. The third-order valence-corrected chi connectivity index (χ3v) is 5.39. The maximum absolute atomic E-state index is 5.96. The van der Waals surface area contributed by atoms with Crippen molar-refractivity contribution in [2.75, 3.05) is 0 Å². The molecule has 0 amide bonds. The molecule has 2 rings (SSSR count). The van der Waals surface area contributed by atoms with E-state index in [2.05, 4.69) is 47.1 Å². The van der Waals surface area contributed by atoms with Crippen LogP contribution in [0.25, 0.3) is 9.75 Å². The molecule has 0 saturated heterocycles. The zero-order valence-corrected chi connectivity index (χ0v) is 12.3. The van der Waals surface area contributed by atoms with Crippen LogP contribution < -0.4 is 5.73 Å². The molecule has 1 unspecified atom stereocenters. The first kappa shape index (κ1) is 12.3. The van der Waals surface area contributed by atoms with Crippen LogP contribution in [0.4, 0.5) is 0 Å². The van der Waals surface area contributed by atoms with E-state index < -0.39 is 0 Å². The first-order valence-electron chi connectivity index (χ1n) is 5.29. The van der Waals surface area contributed by atoms with Crippen LogP contribution >= 0.6 is 38.6 Å². The van der Waals surface area contributed by atoms with E-state index in [1.165, 1.54) is 18.4 Å².